The number of esters is 1. The number of benzene rings is 1. The molecule has 1 unspecified atom stereocenters. The van der Waals surface area contributed by atoms with Crippen LogP contribution in [0.4, 0.5) is 0 Å². The summed E-state index contributed by atoms with van der Waals surface area (Å²) in [6, 6.07) is 7.50. The molecule has 3 rings (SSSR count). The molecule has 0 aromatic heterocycles. The second-order valence-electron chi connectivity index (χ2n) is 6.27. The molecule has 2 saturated carbocycles. The van der Waals surface area contributed by atoms with Crippen LogP contribution in [0.3, 0.4) is 0 Å². The van der Waals surface area contributed by atoms with E-state index >= 15 is 0 Å². The summed E-state index contributed by atoms with van der Waals surface area (Å²) in [6.07, 6.45) is 9.88. The predicted molar refractivity (Wildman–Crippen MR) is 91.3 cm³/mol. The normalized spacial score (nSPS) is 20.6. The van der Waals surface area contributed by atoms with Gasteiger partial charge >= 0.3 is 5.97 Å². The number of hydrogen-bond acceptors (Lipinski definition) is 3. The molecular weight excluding hydrogens is 288 g/mol. The Bertz CT molecular complexity index is 590. The van der Waals surface area contributed by atoms with Crippen molar-refractivity contribution in [2.75, 3.05) is 6.61 Å². The summed E-state index contributed by atoms with van der Waals surface area (Å²) in [7, 11) is 0. The molecule has 2 fully saturated rings. The Morgan fingerprint density at radius 2 is 1.87 bits per heavy atom. The van der Waals surface area contributed by atoms with Crippen molar-refractivity contribution in [2.45, 2.75) is 51.0 Å². The maximum Gasteiger partial charge on any atom is 0.344 e. The van der Waals surface area contributed by atoms with Crippen molar-refractivity contribution in [3.05, 3.63) is 47.6 Å². The Morgan fingerprint density at radius 1 is 1.13 bits per heavy atom. The van der Waals surface area contributed by atoms with E-state index in [1.54, 1.807) is 11.6 Å². The van der Waals surface area contributed by atoms with Gasteiger partial charge in [0, 0.05) is 0 Å². The van der Waals surface area contributed by atoms with Gasteiger partial charge in [-0.3, -0.25) is 0 Å². The number of carbonyl (C=O) groups is 1. The Morgan fingerprint density at radius 3 is 2.57 bits per heavy atom. The first-order valence-corrected chi connectivity index (χ1v) is 8.52. The van der Waals surface area contributed by atoms with Gasteiger partial charge in [0.2, 0.25) is 0 Å². The average Bonchev–Trinajstić information content (AvgIpc) is 3.24. The van der Waals surface area contributed by atoms with E-state index in [-0.39, 0.29) is 18.7 Å². The molecule has 0 spiro atoms. The zero-order valence-electron chi connectivity index (χ0n) is 13.6. The van der Waals surface area contributed by atoms with Crippen molar-refractivity contribution in [1.29, 1.82) is 0 Å². The van der Waals surface area contributed by atoms with E-state index in [0.29, 0.717) is 5.75 Å². The lowest BCUT2D eigenvalue weighted by Crippen LogP contribution is -2.22. The zero-order valence-corrected chi connectivity index (χ0v) is 13.6. The van der Waals surface area contributed by atoms with Gasteiger partial charge in [0.1, 0.15) is 11.9 Å². The van der Waals surface area contributed by atoms with E-state index in [2.05, 4.69) is 6.58 Å². The van der Waals surface area contributed by atoms with Gasteiger partial charge in [-0.2, -0.15) is 0 Å². The van der Waals surface area contributed by atoms with Crippen molar-refractivity contribution in [2.24, 2.45) is 0 Å². The van der Waals surface area contributed by atoms with Crippen LogP contribution < -0.4 is 4.74 Å². The van der Waals surface area contributed by atoms with Crippen LogP contribution in [0.2, 0.25) is 0 Å². The van der Waals surface area contributed by atoms with Gasteiger partial charge in [0.25, 0.3) is 0 Å². The molecule has 0 radical (unpaired) electrons. The third kappa shape index (κ3) is 4.04. The summed E-state index contributed by atoms with van der Waals surface area (Å²) >= 11 is 0. The molecule has 0 heterocycles. The minimum Gasteiger partial charge on any atom is -0.482 e. The summed E-state index contributed by atoms with van der Waals surface area (Å²) in [5.41, 5.74) is 3.96. The fourth-order valence-corrected chi connectivity index (χ4v) is 3.51. The van der Waals surface area contributed by atoms with E-state index in [1.807, 2.05) is 24.3 Å². The van der Waals surface area contributed by atoms with Crippen LogP contribution in [-0.2, 0) is 9.53 Å². The Labute approximate surface area is 138 Å². The van der Waals surface area contributed by atoms with Crippen molar-refractivity contribution in [3.8, 4) is 5.75 Å². The molecule has 0 aliphatic heterocycles. The van der Waals surface area contributed by atoms with E-state index in [1.165, 1.54) is 31.3 Å². The molecule has 3 nitrogen and oxygen atoms in total. The first-order valence-electron chi connectivity index (χ1n) is 8.52. The smallest absolute Gasteiger partial charge is 0.344 e. The highest BCUT2D eigenvalue weighted by molar-refractivity contribution is 5.71. The van der Waals surface area contributed by atoms with E-state index in [4.69, 9.17) is 9.47 Å². The fraction of sp³-hybridized carbons (Fsp3) is 0.450. The molecule has 2 aliphatic carbocycles. The first-order chi connectivity index (χ1) is 11.3. The van der Waals surface area contributed by atoms with E-state index < -0.39 is 0 Å². The quantitative estimate of drug-likeness (QED) is 0.585. The second-order valence-corrected chi connectivity index (χ2v) is 6.27. The molecule has 1 aromatic carbocycles. The predicted octanol–water partition coefficient (Wildman–Crippen LogP) is 4.67. The molecule has 0 amide bonds. The molecule has 23 heavy (non-hydrogen) atoms. The van der Waals surface area contributed by atoms with Crippen molar-refractivity contribution >= 4 is 12.0 Å². The largest absolute Gasteiger partial charge is 0.482 e. The molecule has 0 saturated heterocycles. The van der Waals surface area contributed by atoms with Gasteiger partial charge in [0.05, 0.1) is 0 Å². The van der Waals surface area contributed by atoms with Crippen LogP contribution >= 0.6 is 0 Å². The summed E-state index contributed by atoms with van der Waals surface area (Å²) in [5, 5.41) is 0. The molecule has 3 heteroatoms. The SMILES string of the molecule is C=Cc1ccc(OCC(=O)OC2CCCC2=C2CCCC2)cc1. The maximum atomic E-state index is 12.1. The third-order valence-electron chi connectivity index (χ3n) is 4.71. The Hall–Kier alpha value is -2.03. The fourth-order valence-electron chi connectivity index (χ4n) is 3.51. The summed E-state index contributed by atoms with van der Waals surface area (Å²) in [5.74, 6) is 0.397. The van der Waals surface area contributed by atoms with Gasteiger partial charge in [0.15, 0.2) is 6.61 Å². The number of rotatable bonds is 5. The van der Waals surface area contributed by atoms with Crippen molar-refractivity contribution in [1.82, 2.24) is 0 Å². The van der Waals surface area contributed by atoms with Crippen molar-refractivity contribution < 1.29 is 14.3 Å². The number of allylic oxidation sites excluding steroid dienone is 1. The highest BCUT2D eigenvalue weighted by Crippen LogP contribution is 2.37. The van der Waals surface area contributed by atoms with Gasteiger partial charge in [-0.05, 0) is 68.2 Å². The van der Waals surface area contributed by atoms with Crippen LogP contribution in [0, 0.1) is 0 Å². The van der Waals surface area contributed by atoms with Gasteiger partial charge in [-0.25, -0.2) is 4.79 Å². The average molecular weight is 312 g/mol. The zero-order chi connectivity index (χ0) is 16.1. The third-order valence-corrected chi connectivity index (χ3v) is 4.71. The maximum absolute atomic E-state index is 12.1. The van der Waals surface area contributed by atoms with Gasteiger partial charge < -0.3 is 9.47 Å². The lowest BCUT2D eigenvalue weighted by atomic mass is 10.0. The molecule has 0 bridgehead atoms. The van der Waals surface area contributed by atoms with Crippen LogP contribution in [0.15, 0.2) is 42.0 Å². The Balaban J connectivity index is 1.52. The lowest BCUT2D eigenvalue weighted by molar-refractivity contribution is -0.149. The first kappa shape index (κ1) is 15.9. The van der Waals surface area contributed by atoms with Gasteiger partial charge in [-0.1, -0.05) is 30.4 Å². The highest BCUT2D eigenvalue weighted by atomic mass is 16.6. The van der Waals surface area contributed by atoms with E-state index in [0.717, 1.165) is 24.8 Å². The van der Waals surface area contributed by atoms with Crippen LogP contribution in [0.25, 0.3) is 6.08 Å². The molecule has 1 aromatic rings. The van der Waals surface area contributed by atoms with Crippen LogP contribution in [0.1, 0.15) is 50.5 Å². The summed E-state index contributed by atoms with van der Waals surface area (Å²) in [4.78, 5) is 12.1. The lowest BCUT2D eigenvalue weighted by Gasteiger charge is -2.16. The molecule has 0 N–H and O–H groups in total. The molecule has 122 valence electrons. The standard InChI is InChI=1S/C20H24O3/c1-2-15-10-12-17(13-11-15)22-14-20(21)23-19-9-5-8-18(19)16-6-3-4-7-16/h2,10-13,19H,1,3-9,14H2. The molecule has 1 atom stereocenters. The molecular formula is C20H24O3. The highest BCUT2D eigenvalue weighted by Gasteiger charge is 2.28. The molecule has 2 aliphatic rings. The minimum absolute atomic E-state index is 0.0117. The van der Waals surface area contributed by atoms with Crippen LogP contribution in [0.5, 0.6) is 5.75 Å². The summed E-state index contributed by atoms with van der Waals surface area (Å²) < 4.78 is 11.2. The van der Waals surface area contributed by atoms with Gasteiger partial charge in [-0.15, -0.1) is 0 Å². The van der Waals surface area contributed by atoms with Crippen LogP contribution in [-0.4, -0.2) is 18.7 Å². The van der Waals surface area contributed by atoms with Crippen molar-refractivity contribution in [3.63, 3.8) is 0 Å². The minimum atomic E-state index is -0.277. The van der Waals surface area contributed by atoms with E-state index in [9.17, 15) is 4.79 Å². The topological polar surface area (TPSA) is 35.5 Å². The number of hydrogen-bond donors (Lipinski definition) is 0. The monoisotopic (exact) mass is 312 g/mol. The Kier molecular flexibility index (Phi) is 5.16. The number of carbonyl (C=O) groups excluding carboxylic acids is 1. The number of ether oxygens (including phenoxy) is 2. The summed E-state index contributed by atoms with van der Waals surface area (Å²) in [6.45, 7) is 3.68. The second kappa shape index (κ2) is 7.49.